The van der Waals surface area contributed by atoms with Crippen LogP contribution >= 0.6 is 15.9 Å². The molecule has 5 heteroatoms. The first-order valence-corrected chi connectivity index (χ1v) is 6.43. The van der Waals surface area contributed by atoms with Gasteiger partial charge in [0.1, 0.15) is 6.61 Å². The molecule has 0 bridgehead atoms. The first-order chi connectivity index (χ1) is 8.02. The van der Waals surface area contributed by atoms with Crippen molar-refractivity contribution in [3.05, 3.63) is 34.3 Å². The van der Waals surface area contributed by atoms with Gasteiger partial charge in [-0.3, -0.25) is 0 Å². The average molecular weight is 336 g/mol. The zero-order valence-corrected chi connectivity index (χ0v) is 13.2. The second-order valence-electron chi connectivity index (χ2n) is 4.19. The minimum atomic E-state index is -0.283. The fourth-order valence-electron chi connectivity index (χ4n) is 1.25. The molecule has 1 aromatic rings. The van der Waals surface area contributed by atoms with E-state index in [2.05, 4.69) is 34.7 Å². The Morgan fingerprint density at radius 3 is 2.56 bits per heavy atom. The molecule has 102 valence electrons. The summed E-state index contributed by atoms with van der Waals surface area (Å²) in [6.07, 6.45) is 0. The maximum absolute atomic E-state index is 11.7. The first kappa shape index (κ1) is 17.4. The highest BCUT2D eigenvalue weighted by Crippen LogP contribution is 2.16. The number of carbonyl (C=O) groups excluding carboxylic acids is 1. The van der Waals surface area contributed by atoms with E-state index in [0.29, 0.717) is 18.2 Å². The molecular weight excluding hydrogens is 318 g/mol. The smallest absolute Gasteiger partial charge is 0.339 e. The summed E-state index contributed by atoms with van der Waals surface area (Å²) in [4.78, 5) is 13.9. The van der Waals surface area contributed by atoms with E-state index in [1.807, 2.05) is 25.2 Å². The van der Waals surface area contributed by atoms with Crippen LogP contribution < -0.4 is 12.4 Å². The van der Waals surface area contributed by atoms with Crippen LogP contribution in [0.25, 0.3) is 0 Å². The van der Waals surface area contributed by atoms with Gasteiger partial charge in [0, 0.05) is 17.1 Å². The van der Waals surface area contributed by atoms with Gasteiger partial charge in [-0.15, -0.1) is 0 Å². The fourth-order valence-corrected chi connectivity index (χ4v) is 1.69. The van der Waals surface area contributed by atoms with Crippen LogP contribution in [-0.2, 0) is 4.74 Å². The van der Waals surface area contributed by atoms with Crippen molar-refractivity contribution in [2.24, 2.45) is 0 Å². The zero-order chi connectivity index (χ0) is 12.8. The van der Waals surface area contributed by atoms with Crippen LogP contribution in [0, 0.1) is 0 Å². The summed E-state index contributed by atoms with van der Waals surface area (Å²) >= 11 is 3.33. The number of likely N-dealkylation sites (N-methyl/N-ethyl adjacent to an activating group) is 1. The summed E-state index contributed by atoms with van der Waals surface area (Å²) in [6.45, 7) is 5.37. The Balaban J connectivity index is 0.00000289. The number of halogens is 2. The van der Waals surface area contributed by atoms with Gasteiger partial charge in [-0.25, -0.2) is 4.79 Å². The van der Waals surface area contributed by atoms with Crippen LogP contribution in [0.4, 0.5) is 0 Å². The van der Waals surface area contributed by atoms with Gasteiger partial charge < -0.3 is 22.0 Å². The minimum Gasteiger partial charge on any atom is -1.00 e. The number of nitrogens with zero attached hydrogens (tertiary/aromatic N) is 1. The Kier molecular flexibility index (Phi) is 8.24. The molecule has 0 unspecified atom stereocenters. The van der Waals surface area contributed by atoms with Gasteiger partial charge in [-0.1, -0.05) is 12.1 Å². The molecule has 0 N–H and O–H groups in total. The van der Waals surface area contributed by atoms with Crippen LogP contribution in [0.1, 0.15) is 24.2 Å². The second kappa shape index (κ2) is 8.51. The molecule has 0 spiro atoms. The summed E-state index contributed by atoms with van der Waals surface area (Å²) in [7, 11) is 2.01. The van der Waals surface area contributed by atoms with Crippen molar-refractivity contribution in [1.29, 1.82) is 0 Å². The van der Waals surface area contributed by atoms with Gasteiger partial charge in [0.15, 0.2) is 0 Å². The van der Waals surface area contributed by atoms with Crippen molar-refractivity contribution in [1.82, 2.24) is 4.90 Å². The van der Waals surface area contributed by atoms with Gasteiger partial charge in [-0.05, 0) is 49.0 Å². The van der Waals surface area contributed by atoms with Gasteiger partial charge in [-0.2, -0.15) is 0 Å². The molecule has 1 aromatic carbocycles. The zero-order valence-electron chi connectivity index (χ0n) is 10.8. The minimum absolute atomic E-state index is 0. The normalized spacial score (nSPS) is 10.3. The lowest BCUT2D eigenvalue weighted by Gasteiger charge is -2.20. The second-order valence-corrected chi connectivity index (χ2v) is 5.04. The highest BCUT2D eigenvalue weighted by Gasteiger charge is 2.11. The molecule has 18 heavy (non-hydrogen) atoms. The summed E-state index contributed by atoms with van der Waals surface area (Å²) in [5.74, 6) is -0.283. The molecule has 0 amide bonds. The topological polar surface area (TPSA) is 29.5 Å². The molecule has 0 aliphatic rings. The highest BCUT2D eigenvalue weighted by molar-refractivity contribution is 9.10. The van der Waals surface area contributed by atoms with Gasteiger partial charge in [0.2, 0.25) is 0 Å². The van der Waals surface area contributed by atoms with Gasteiger partial charge >= 0.3 is 5.97 Å². The number of ether oxygens (including phenoxy) is 1. The van der Waals surface area contributed by atoms with E-state index in [-0.39, 0.29) is 18.4 Å². The van der Waals surface area contributed by atoms with Crippen molar-refractivity contribution in [3.63, 3.8) is 0 Å². The molecule has 3 nitrogen and oxygen atoms in total. The van der Waals surface area contributed by atoms with E-state index < -0.39 is 0 Å². The van der Waals surface area contributed by atoms with E-state index in [9.17, 15) is 4.79 Å². The predicted molar refractivity (Wildman–Crippen MR) is 72.2 cm³/mol. The van der Waals surface area contributed by atoms with Crippen LogP contribution in [0.5, 0.6) is 0 Å². The maximum Gasteiger partial charge on any atom is 0.339 e. The SMILES string of the molecule is CC(C)N(C)CCOC(=O)c1ccccc1Br.[Cl-]. The molecule has 0 fully saturated rings. The molecule has 0 aliphatic heterocycles. The average Bonchev–Trinajstić information content (AvgIpc) is 2.29. The monoisotopic (exact) mass is 334 g/mol. The summed E-state index contributed by atoms with van der Waals surface area (Å²) in [5, 5.41) is 0. The largest absolute Gasteiger partial charge is 1.00 e. The lowest BCUT2D eigenvalue weighted by atomic mass is 10.2. The summed E-state index contributed by atoms with van der Waals surface area (Å²) < 4.78 is 5.99. The third-order valence-corrected chi connectivity index (χ3v) is 3.34. The number of benzene rings is 1. The van der Waals surface area contributed by atoms with E-state index in [0.717, 1.165) is 11.0 Å². The van der Waals surface area contributed by atoms with E-state index >= 15 is 0 Å². The Morgan fingerprint density at radius 2 is 2.00 bits per heavy atom. The Bertz CT molecular complexity index is 385. The van der Waals surface area contributed by atoms with Crippen molar-refractivity contribution >= 4 is 21.9 Å². The van der Waals surface area contributed by atoms with Crippen LogP contribution in [0.2, 0.25) is 0 Å². The maximum atomic E-state index is 11.7. The number of hydrogen-bond acceptors (Lipinski definition) is 3. The lowest BCUT2D eigenvalue weighted by molar-refractivity contribution is -0.0000224. The molecule has 0 heterocycles. The van der Waals surface area contributed by atoms with Crippen molar-refractivity contribution < 1.29 is 21.9 Å². The number of esters is 1. The number of carbonyl (C=O) groups is 1. The quantitative estimate of drug-likeness (QED) is 0.707. The summed E-state index contributed by atoms with van der Waals surface area (Å²) in [5.41, 5.74) is 0.569. The molecule has 0 aromatic heterocycles. The molecule has 0 aliphatic carbocycles. The van der Waals surface area contributed by atoms with E-state index in [1.54, 1.807) is 6.07 Å². The van der Waals surface area contributed by atoms with Crippen molar-refractivity contribution in [2.75, 3.05) is 20.2 Å². The van der Waals surface area contributed by atoms with Crippen molar-refractivity contribution in [2.45, 2.75) is 19.9 Å². The molecule has 0 radical (unpaired) electrons. The third-order valence-electron chi connectivity index (χ3n) is 2.65. The molecule has 0 saturated carbocycles. The Hall–Kier alpha value is -0.580. The molecule has 0 atom stereocenters. The van der Waals surface area contributed by atoms with Crippen LogP contribution in [0.15, 0.2) is 28.7 Å². The molecule has 0 saturated heterocycles. The molecule has 1 rings (SSSR count). The first-order valence-electron chi connectivity index (χ1n) is 5.64. The van der Waals surface area contributed by atoms with Crippen LogP contribution in [0.3, 0.4) is 0 Å². The highest BCUT2D eigenvalue weighted by atomic mass is 79.9. The van der Waals surface area contributed by atoms with Gasteiger partial charge in [0.05, 0.1) is 5.56 Å². The van der Waals surface area contributed by atoms with E-state index in [1.165, 1.54) is 0 Å². The lowest BCUT2D eigenvalue weighted by Crippen LogP contribution is -3.00. The standard InChI is InChI=1S/C13H18BrNO2.ClH/c1-10(2)15(3)8-9-17-13(16)11-6-4-5-7-12(11)14;/h4-7,10H,8-9H2,1-3H3;1H/p-1. The molecular formula is C13H18BrClNO2-. The Morgan fingerprint density at radius 1 is 1.39 bits per heavy atom. The van der Waals surface area contributed by atoms with Crippen LogP contribution in [-0.4, -0.2) is 37.1 Å². The summed E-state index contributed by atoms with van der Waals surface area (Å²) in [6, 6.07) is 7.72. The predicted octanol–water partition coefficient (Wildman–Crippen LogP) is -0.0499. The number of rotatable bonds is 5. The van der Waals surface area contributed by atoms with Crippen molar-refractivity contribution in [3.8, 4) is 0 Å². The third kappa shape index (κ3) is 5.38. The fraction of sp³-hybridized carbons (Fsp3) is 0.462. The van der Waals surface area contributed by atoms with Gasteiger partial charge in [0.25, 0.3) is 0 Å². The number of hydrogen-bond donors (Lipinski definition) is 0. The Labute approximate surface area is 123 Å². The van der Waals surface area contributed by atoms with E-state index in [4.69, 9.17) is 4.74 Å².